The van der Waals surface area contributed by atoms with E-state index in [0.717, 1.165) is 23.2 Å². The van der Waals surface area contributed by atoms with Crippen molar-refractivity contribution in [2.45, 2.75) is 26.4 Å². The zero-order chi connectivity index (χ0) is 18.4. The van der Waals surface area contributed by atoms with Crippen molar-refractivity contribution in [2.75, 3.05) is 39.3 Å². The first-order valence-corrected chi connectivity index (χ1v) is 9.56. The Morgan fingerprint density at radius 1 is 1.20 bits per heavy atom. The molecule has 1 saturated heterocycles. The first kappa shape index (κ1) is 20.0. The first-order valence-electron chi connectivity index (χ1n) is 8.49. The Kier molecular flexibility index (Phi) is 7.06. The molecular weight excluding hydrogens is 433 g/mol. The van der Waals surface area contributed by atoms with Crippen molar-refractivity contribution in [1.82, 2.24) is 15.1 Å². The summed E-state index contributed by atoms with van der Waals surface area (Å²) in [5, 5.41) is 2.95. The maximum atomic E-state index is 12.1. The summed E-state index contributed by atoms with van der Waals surface area (Å²) in [6.45, 7) is 9.87. The summed E-state index contributed by atoms with van der Waals surface area (Å²) in [7, 11) is 0. The minimum absolute atomic E-state index is 0.0501. The van der Waals surface area contributed by atoms with Crippen LogP contribution in [0, 0.1) is 3.57 Å². The van der Waals surface area contributed by atoms with Gasteiger partial charge in [-0.25, -0.2) is 4.79 Å². The number of hydrogen-bond donors (Lipinski definition) is 1. The van der Waals surface area contributed by atoms with E-state index in [-0.39, 0.29) is 12.0 Å². The van der Waals surface area contributed by atoms with Crippen molar-refractivity contribution in [3.63, 3.8) is 0 Å². The van der Waals surface area contributed by atoms with Crippen LogP contribution >= 0.6 is 22.6 Å². The standard InChI is InChI=1S/C18H26IN3O3/c1-18(2,3)25-17(24)22-11-9-21(10-12-22)8-7-20-16(23)14-5-4-6-15(19)13-14/h4-6,13H,7-12H2,1-3H3,(H,20,23). The van der Waals surface area contributed by atoms with Gasteiger partial charge < -0.3 is 15.0 Å². The van der Waals surface area contributed by atoms with Crippen molar-refractivity contribution in [3.05, 3.63) is 33.4 Å². The lowest BCUT2D eigenvalue weighted by Crippen LogP contribution is -2.51. The summed E-state index contributed by atoms with van der Waals surface area (Å²) in [6.07, 6.45) is -0.251. The average molecular weight is 459 g/mol. The fraction of sp³-hybridized carbons (Fsp3) is 0.556. The van der Waals surface area contributed by atoms with Gasteiger partial charge in [0, 0.05) is 48.4 Å². The molecule has 1 aromatic carbocycles. The summed E-state index contributed by atoms with van der Waals surface area (Å²) in [4.78, 5) is 28.1. The number of hydrogen-bond acceptors (Lipinski definition) is 4. The van der Waals surface area contributed by atoms with Crippen molar-refractivity contribution in [1.29, 1.82) is 0 Å². The van der Waals surface area contributed by atoms with Crippen LogP contribution in [0.2, 0.25) is 0 Å². The topological polar surface area (TPSA) is 61.9 Å². The first-order chi connectivity index (χ1) is 11.7. The third kappa shape index (κ3) is 6.81. The van der Waals surface area contributed by atoms with Crippen LogP contribution in [-0.2, 0) is 4.74 Å². The van der Waals surface area contributed by atoms with E-state index in [4.69, 9.17) is 4.74 Å². The van der Waals surface area contributed by atoms with Gasteiger partial charge in [0.05, 0.1) is 0 Å². The summed E-state index contributed by atoms with van der Waals surface area (Å²) in [6, 6.07) is 7.53. The Hall–Kier alpha value is -1.35. The highest BCUT2D eigenvalue weighted by Crippen LogP contribution is 2.12. The summed E-state index contributed by atoms with van der Waals surface area (Å²) < 4.78 is 6.44. The quantitative estimate of drug-likeness (QED) is 0.704. The number of halogens is 1. The van der Waals surface area contributed by atoms with Gasteiger partial charge in [-0.05, 0) is 61.6 Å². The second-order valence-corrected chi connectivity index (χ2v) is 8.32. The molecule has 1 fully saturated rings. The van der Waals surface area contributed by atoms with Crippen molar-refractivity contribution < 1.29 is 14.3 Å². The Balaban J connectivity index is 1.69. The number of nitrogens with zero attached hydrogens (tertiary/aromatic N) is 2. The molecule has 2 amide bonds. The van der Waals surface area contributed by atoms with E-state index in [1.165, 1.54) is 0 Å². The van der Waals surface area contributed by atoms with Gasteiger partial charge in [-0.2, -0.15) is 0 Å². The molecule has 138 valence electrons. The molecule has 1 aromatic rings. The van der Waals surface area contributed by atoms with Crippen LogP contribution in [0.15, 0.2) is 24.3 Å². The lowest BCUT2D eigenvalue weighted by atomic mass is 10.2. The van der Waals surface area contributed by atoms with Gasteiger partial charge in [-0.3, -0.25) is 9.69 Å². The molecule has 0 aromatic heterocycles. The number of benzene rings is 1. The highest BCUT2D eigenvalue weighted by atomic mass is 127. The van der Waals surface area contributed by atoms with Gasteiger partial charge in [-0.15, -0.1) is 0 Å². The van der Waals surface area contributed by atoms with Gasteiger partial charge in [0.25, 0.3) is 5.91 Å². The van der Waals surface area contributed by atoms with Crippen LogP contribution in [0.5, 0.6) is 0 Å². The van der Waals surface area contributed by atoms with Crippen LogP contribution in [0.3, 0.4) is 0 Å². The fourth-order valence-corrected chi connectivity index (χ4v) is 3.08. The summed E-state index contributed by atoms with van der Waals surface area (Å²) in [5.74, 6) is -0.0501. The number of carbonyl (C=O) groups is 2. The molecule has 1 aliphatic rings. The van der Waals surface area contributed by atoms with Gasteiger partial charge in [-0.1, -0.05) is 6.07 Å². The number of rotatable bonds is 4. The van der Waals surface area contributed by atoms with Crippen LogP contribution in [0.1, 0.15) is 31.1 Å². The number of carbonyl (C=O) groups excluding carboxylic acids is 2. The molecule has 1 N–H and O–H groups in total. The van der Waals surface area contributed by atoms with E-state index in [9.17, 15) is 9.59 Å². The number of ether oxygens (including phenoxy) is 1. The minimum atomic E-state index is -0.465. The van der Waals surface area contributed by atoms with E-state index in [2.05, 4.69) is 32.8 Å². The molecule has 2 rings (SSSR count). The van der Waals surface area contributed by atoms with E-state index < -0.39 is 5.60 Å². The predicted molar refractivity (Wildman–Crippen MR) is 106 cm³/mol. The molecule has 0 spiro atoms. The molecule has 0 atom stereocenters. The number of amides is 2. The molecule has 6 nitrogen and oxygen atoms in total. The van der Waals surface area contributed by atoms with E-state index in [1.54, 1.807) is 4.90 Å². The molecule has 1 heterocycles. The second kappa shape index (κ2) is 8.84. The monoisotopic (exact) mass is 459 g/mol. The zero-order valence-electron chi connectivity index (χ0n) is 15.0. The van der Waals surface area contributed by atoms with Crippen molar-refractivity contribution >= 4 is 34.6 Å². The van der Waals surface area contributed by atoms with Gasteiger partial charge >= 0.3 is 6.09 Å². The third-order valence-electron chi connectivity index (χ3n) is 3.82. The highest BCUT2D eigenvalue weighted by Gasteiger charge is 2.25. The molecule has 0 saturated carbocycles. The third-order valence-corrected chi connectivity index (χ3v) is 4.50. The van der Waals surface area contributed by atoms with Crippen LogP contribution in [0.4, 0.5) is 4.79 Å². The summed E-state index contributed by atoms with van der Waals surface area (Å²) >= 11 is 2.20. The van der Waals surface area contributed by atoms with Gasteiger partial charge in [0.1, 0.15) is 5.60 Å². The van der Waals surface area contributed by atoms with E-state index in [0.29, 0.717) is 25.2 Å². The predicted octanol–water partition coefficient (Wildman–Crippen LogP) is 2.57. The number of piperazine rings is 1. The lowest BCUT2D eigenvalue weighted by molar-refractivity contribution is 0.0147. The zero-order valence-corrected chi connectivity index (χ0v) is 17.2. The minimum Gasteiger partial charge on any atom is -0.444 e. The lowest BCUT2D eigenvalue weighted by Gasteiger charge is -2.35. The van der Waals surface area contributed by atoms with Crippen LogP contribution in [0.25, 0.3) is 0 Å². The molecule has 0 unspecified atom stereocenters. The van der Waals surface area contributed by atoms with Gasteiger partial charge in [0.15, 0.2) is 0 Å². The largest absolute Gasteiger partial charge is 0.444 e. The molecule has 1 aliphatic heterocycles. The van der Waals surface area contributed by atoms with Crippen LogP contribution in [-0.4, -0.2) is 66.7 Å². The van der Waals surface area contributed by atoms with Crippen molar-refractivity contribution in [2.24, 2.45) is 0 Å². The van der Waals surface area contributed by atoms with Gasteiger partial charge in [0.2, 0.25) is 0 Å². The number of nitrogens with one attached hydrogen (secondary N) is 1. The smallest absolute Gasteiger partial charge is 0.410 e. The Bertz CT molecular complexity index is 608. The average Bonchev–Trinajstić information content (AvgIpc) is 2.53. The molecular formula is C18H26IN3O3. The fourth-order valence-electron chi connectivity index (χ4n) is 2.54. The van der Waals surface area contributed by atoms with E-state index in [1.807, 2.05) is 45.0 Å². The second-order valence-electron chi connectivity index (χ2n) is 7.08. The molecule has 7 heteroatoms. The highest BCUT2D eigenvalue weighted by molar-refractivity contribution is 14.1. The van der Waals surface area contributed by atoms with Crippen molar-refractivity contribution in [3.8, 4) is 0 Å². The maximum absolute atomic E-state index is 12.1. The normalized spacial score (nSPS) is 15.8. The molecule has 0 bridgehead atoms. The van der Waals surface area contributed by atoms with E-state index >= 15 is 0 Å². The molecule has 0 radical (unpaired) electrons. The summed E-state index contributed by atoms with van der Waals surface area (Å²) in [5.41, 5.74) is 0.218. The van der Waals surface area contributed by atoms with Crippen LogP contribution < -0.4 is 5.32 Å². The SMILES string of the molecule is CC(C)(C)OC(=O)N1CCN(CCNC(=O)c2cccc(I)c2)CC1. The Morgan fingerprint density at radius 3 is 2.48 bits per heavy atom. The molecule has 0 aliphatic carbocycles. The maximum Gasteiger partial charge on any atom is 0.410 e. The molecule has 25 heavy (non-hydrogen) atoms. The Labute approximate surface area is 163 Å². The Morgan fingerprint density at radius 2 is 1.88 bits per heavy atom.